The number of carbonyl (C=O) groups is 2. The van der Waals surface area contributed by atoms with Gasteiger partial charge < -0.3 is 10.4 Å². The van der Waals surface area contributed by atoms with Gasteiger partial charge in [-0.3, -0.25) is 14.5 Å². The molecule has 0 aliphatic carbocycles. The zero-order chi connectivity index (χ0) is 16.8. The molecule has 1 atom stereocenters. The van der Waals surface area contributed by atoms with Crippen molar-refractivity contribution in [1.82, 2.24) is 4.90 Å². The van der Waals surface area contributed by atoms with E-state index < -0.39 is 5.97 Å². The summed E-state index contributed by atoms with van der Waals surface area (Å²) in [5, 5.41) is 12.5. The van der Waals surface area contributed by atoms with E-state index in [0.29, 0.717) is 28.1 Å². The maximum atomic E-state index is 12.2. The monoisotopic (exact) mass is 358 g/mol. The van der Waals surface area contributed by atoms with Gasteiger partial charge in [-0.05, 0) is 49.9 Å². The maximum absolute atomic E-state index is 12.2. The summed E-state index contributed by atoms with van der Waals surface area (Å²) in [6.45, 7) is 1.89. The Kier molecular flexibility index (Phi) is 6.69. The molecule has 0 radical (unpaired) electrons. The van der Waals surface area contributed by atoms with Crippen LogP contribution >= 0.6 is 23.2 Å². The second-order valence-electron chi connectivity index (χ2n) is 5.85. The predicted molar refractivity (Wildman–Crippen MR) is 91.1 cm³/mol. The molecule has 1 saturated heterocycles. The maximum Gasteiger partial charge on any atom is 0.303 e. The Morgan fingerprint density at radius 3 is 2.83 bits per heavy atom. The molecule has 0 bridgehead atoms. The van der Waals surface area contributed by atoms with Gasteiger partial charge >= 0.3 is 5.97 Å². The minimum atomic E-state index is -0.766. The summed E-state index contributed by atoms with van der Waals surface area (Å²) in [7, 11) is 0. The van der Waals surface area contributed by atoms with Gasteiger partial charge in [-0.2, -0.15) is 0 Å². The van der Waals surface area contributed by atoms with E-state index in [1.165, 1.54) is 0 Å². The van der Waals surface area contributed by atoms with Crippen molar-refractivity contribution < 1.29 is 14.7 Å². The standard InChI is InChI=1S/C16H20Cl2N2O3/c17-12-4-5-14(13(18)8-12)19-15(21)10-20-7-1-2-11(9-20)3-6-16(22)23/h4-5,8,11H,1-3,6-7,9-10H2,(H,19,21)(H,22,23). The summed E-state index contributed by atoms with van der Waals surface area (Å²) in [5.41, 5.74) is 0.542. The lowest BCUT2D eigenvalue weighted by Crippen LogP contribution is -2.40. The van der Waals surface area contributed by atoms with Gasteiger partial charge in [-0.15, -0.1) is 0 Å². The van der Waals surface area contributed by atoms with E-state index in [9.17, 15) is 9.59 Å². The second kappa shape index (κ2) is 8.52. The van der Waals surface area contributed by atoms with Crippen LogP contribution < -0.4 is 5.32 Å². The molecule has 5 nitrogen and oxygen atoms in total. The predicted octanol–water partition coefficient (Wildman–Crippen LogP) is 3.51. The van der Waals surface area contributed by atoms with Gasteiger partial charge in [-0.1, -0.05) is 23.2 Å². The summed E-state index contributed by atoms with van der Waals surface area (Å²) in [6, 6.07) is 4.93. The quantitative estimate of drug-likeness (QED) is 0.816. The summed E-state index contributed by atoms with van der Waals surface area (Å²) in [6.07, 6.45) is 2.86. The van der Waals surface area contributed by atoms with E-state index in [1.807, 2.05) is 0 Å². The molecule has 1 unspecified atom stereocenters. The third-order valence-electron chi connectivity index (χ3n) is 3.94. The number of hydrogen-bond donors (Lipinski definition) is 2. The normalized spacial score (nSPS) is 18.6. The van der Waals surface area contributed by atoms with E-state index >= 15 is 0 Å². The number of piperidine rings is 1. The Balaban J connectivity index is 1.83. The summed E-state index contributed by atoms with van der Waals surface area (Å²) in [5.74, 6) is -0.558. The van der Waals surface area contributed by atoms with Crippen LogP contribution in [-0.2, 0) is 9.59 Å². The number of nitrogens with one attached hydrogen (secondary N) is 1. The number of aliphatic carboxylic acids is 1. The Hall–Kier alpha value is -1.30. The first-order valence-electron chi connectivity index (χ1n) is 7.63. The lowest BCUT2D eigenvalue weighted by Gasteiger charge is -2.32. The van der Waals surface area contributed by atoms with Gasteiger partial charge in [0.25, 0.3) is 0 Å². The number of nitrogens with zero attached hydrogens (tertiary/aromatic N) is 1. The summed E-state index contributed by atoms with van der Waals surface area (Å²) >= 11 is 11.9. The van der Waals surface area contributed by atoms with Crippen LogP contribution in [0.2, 0.25) is 10.0 Å². The largest absolute Gasteiger partial charge is 0.481 e. The molecule has 23 heavy (non-hydrogen) atoms. The summed E-state index contributed by atoms with van der Waals surface area (Å²) in [4.78, 5) is 24.9. The SMILES string of the molecule is O=C(O)CCC1CCCN(CC(=O)Nc2ccc(Cl)cc2Cl)C1. The average Bonchev–Trinajstić information content (AvgIpc) is 2.48. The van der Waals surface area contributed by atoms with Gasteiger partial charge in [-0.25, -0.2) is 0 Å². The average molecular weight is 359 g/mol. The highest BCUT2D eigenvalue weighted by Crippen LogP contribution is 2.25. The Morgan fingerprint density at radius 2 is 2.13 bits per heavy atom. The van der Waals surface area contributed by atoms with E-state index in [1.54, 1.807) is 18.2 Å². The van der Waals surface area contributed by atoms with Crippen LogP contribution in [0.25, 0.3) is 0 Å². The molecule has 1 aliphatic heterocycles. The van der Waals surface area contributed by atoms with E-state index in [0.717, 1.165) is 25.9 Å². The number of halogens is 2. The third kappa shape index (κ3) is 6.01. The molecule has 0 aromatic heterocycles. The number of rotatable bonds is 6. The summed E-state index contributed by atoms with van der Waals surface area (Å²) < 4.78 is 0. The number of carboxylic acids is 1. The highest BCUT2D eigenvalue weighted by Gasteiger charge is 2.22. The first-order chi connectivity index (χ1) is 10.9. The van der Waals surface area contributed by atoms with Crippen LogP contribution in [0.5, 0.6) is 0 Å². The van der Waals surface area contributed by atoms with Gasteiger partial charge in [0.1, 0.15) is 0 Å². The molecule has 1 aliphatic rings. The molecule has 0 spiro atoms. The van der Waals surface area contributed by atoms with Crippen LogP contribution in [0.3, 0.4) is 0 Å². The Bertz CT molecular complexity index is 580. The highest BCUT2D eigenvalue weighted by atomic mass is 35.5. The lowest BCUT2D eigenvalue weighted by molar-refractivity contribution is -0.137. The molecule has 1 aromatic carbocycles. The number of likely N-dealkylation sites (tertiary alicyclic amines) is 1. The molecule has 2 N–H and O–H groups in total. The van der Waals surface area contributed by atoms with Crippen molar-refractivity contribution >= 4 is 40.8 Å². The first-order valence-corrected chi connectivity index (χ1v) is 8.38. The molecule has 1 amide bonds. The lowest BCUT2D eigenvalue weighted by atomic mass is 9.93. The fourth-order valence-electron chi connectivity index (χ4n) is 2.84. The zero-order valence-corrected chi connectivity index (χ0v) is 14.2. The number of benzene rings is 1. The minimum absolute atomic E-state index is 0.131. The van der Waals surface area contributed by atoms with Crippen molar-refractivity contribution in [3.8, 4) is 0 Å². The molecule has 1 heterocycles. The number of carbonyl (C=O) groups excluding carboxylic acids is 1. The highest BCUT2D eigenvalue weighted by molar-refractivity contribution is 6.36. The minimum Gasteiger partial charge on any atom is -0.481 e. The smallest absolute Gasteiger partial charge is 0.303 e. The van der Waals surface area contributed by atoms with Crippen LogP contribution in [-0.4, -0.2) is 41.5 Å². The van der Waals surface area contributed by atoms with Crippen molar-refractivity contribution in [1.29, 1.82) is 0 Å². The number of hydrogen-bond acceptors (Lipinski definition) is 3. The van der Waals surface area contributed by atoms with Crippen molar-refractivity contribution in [3.05, 3.63) is 28.2 Å². The molecular formula is C16H20Cl2N2O3. The molecule has 1 aromatic rings. The number of carboxylic acid groups (broad SMARTS) is 1. The van der Waals surface area contributed by atoms with Crippen molar-refractivity contribution in [2.24, 2.45) is 5.92 Å². The topological polar surface area (TPSA) is 69.6 Å². The molecule has 126 valence electrons. The molecular weight excluding hydrogens is 339 g/mol. The Labute approximate surface area is 145 Å². The van der Waals surface area contributed by atoms with E-state index in [4.69, 9.17) is 28.3 Å². The van der Waals surface area contributed by atoms with Gasteiger partial charge in [0.2, 0.25) is 5.91 Å². The molecule has 1 fully saturated rings. The van der Waals surface area contributed by atoms with Crippen molar-refractivity contribution in [2.45, 2.75) is 25.7 Å². The van der Waals surface area contributed by atoms with Crippen molar-refractivity contribution in [2.75, 3.05) is 25.0 Å². The van der Waals surface area contributed by atoms with Gasteiger partial charge in [0, 0.05) is 18.0 Å². The van der Waals surface area contributed by atoms with E-state index in [2.05, 4.69) is 10.2 Å². The molecule has 0 saturated carbocycles. The zero-order valence-electron chi connectivity index (χ0n) is 12.7. The Morgan fingerprint density at radius 1 is 1.35 bits per heavy atom. The first kappa shape index (κ1) is 18.0. The van der Waals surface area contributed by atoms with Crippen LogP contribution in [0.4, 0.5) is 5.69 Å². The molecule has 7 heteroatoms. The third-order valence-corrected chi connectivity index (χ3v) is 4.49. The van der Waals surface area contributed by atoms with Gasteiger partial charge in [0.15, 0.2) is 0 Å². The van der Waals surface area contributed by atoms with Gasteiger partial charge in [0.05, 0.1) is 17.3 Å². The van der Waals surface area contributed by atoms with Crippen molar-refractivity contribution in [3.63, 3.8) is 0 Å². The number of anilines is 1. The molecule has 2 rings (SSSR count). The number of amides is 1. The second-order valence-corrected chi connectivity index (χ2v) is 6.69. The van der Waals surface area contributed by atoms with Crippen LogP contribution in [0, 0.1) is 5.92 Å². The fraction of sp³-hybridized carbons (Fsp3) is 0.500. The van der Waals surface area contributed by atoms with Crippen LogP contribution in [0.15, 0.2) is 18.2 Å². The van der Waals surface area contributed by atoms with E-state index in [-0.39, 0.29) is 18.9 Å². The van der Waals surface area contributed by atoms with Crippen LogP contribution in [0.1, 0.15) is 25.7 Å². The fourth-order valence-corrected chi connectivity index (χ4v) is 3.30.